The minimum absolute atomic E-state index is 0.197. The van der Waals surface area contributed by atoms with Crippen LogP contribution in [0, 0.1) is 5.92 Å². The molecular weight excluding hydrogens is 154 g/mol. The number of nitrogens with zero attached hydrogens (tertiary/aromatic N) is 1. The molecule has 1 saturated heterocycles. The Kier molecular flexibility index (Phi) is 2.15. The molecule has 0 spiro atoms. The van der Waals surface area contributed by atoms with Crippen molar-refractivity contribution in [2.45, 2.75) is 25.4 Å². The largest absolute Gasteiger partial charge is 0.392 e. The van der Waals surface area contributed by atoms with Gasteiger partial charge in [-0.2, -0.15) is 0 Å². The zero-order valence-electron chi connectivity index (χ0n) is 7.20. The van der Waals surface area contributed by atoms with Crippen LogP contribution in [0.15, 0.2) is 0 Å². The number of carbonyl (C=O) groups excluding carboxylic acids is 1. The van der Waals surface area contributed by atoms with E-state index in [0.717, 1.165) is 25.8 Å². The van der Waals surface area contributed by atoms with Gasteiger partial charge in [0.05, 0.1) is 12.6 Å². The molecule has 2 fully saturated rings. The Bertz CT molecular complexity index is 189. The Morgan fingerprint density at radius 2 is 2.17 bits per heavy atom. The van der Waals surface area contributed by atoms with Crippen LogP contribution in [0.4, 0.5) is 0 Å². The van der Waals surface area contributed by atoms with Crippen LogP contribution in [0.25, 0.3) is 0 Å². The summed E-state index contributed by atoms with van der Waals surface area (Å²) in [4.78, 5) is 13.4. The molecule has 0 aromatic carbocycles. The standard InChI is InChI=1S/C9H15NO2/c11-8-3-4-10(5-8)6-9(12)7-1-2-7/h7-8,11H,1-6H2. The summed E-state index contributed by atoms with van der Waals surface area (Å²) in [5, 5.41) is 9.21. The molecule has 0 radical (unpaired) electrons. The summed E-state index contributed by atoms with van der Waals surface area (Å²) in [6, 6.07) is 0. The molecule has 1 N–H and O–H groups in total. The van der Waals surface area contributed by atoms with Gasteiger partial charge in [-0.25, -0.2) is 0 Å². The van der Waals surface area contributed by atoms with E-state index in [0.29, 0.717) is 24.8 Å². The van der Waals surface area contributed by atoms with Crippen molar-refractivity contribution >= 4 is 5.78 Å². The number of rotatable bonds is 3. The van der Waals surface area contributed by atoms with E-state index in [1.807, 2.05) is 0 Å². The third-order valence-corrected chi connectivity index (χ3v) is 2.66. The first-order valence-electron chi connectivity index (χ1n) is 4.69. The van der Waals surface area contributed by atoms with Gasteiger partial charge in [0, 0.05) is 19.0 Å². The normalized spacial score (nSPS) is 30.9. The second-order valence-electron chi connectivity index (χ2n) is 3.92. The minimum Gasteiger partial charge on any atom is -0.392 e. The molecule has 3 heteroatoms. The maximum atomic E-state index is 11.3. The SMILES string of the molecule is O=C(CN1CCC(O)C1)C1CC1. The van der Waals surface area contributed by atoms with Gasteiger partial charge in [-0.1, -0.05) is 0 Å². The quantitative estimate of drug-likeness (QED) is 0.648. The Hall–Kier alpha value is -0.410. The predicted molar refractivity (Wildman–Crippen MR) is 44.8 cm³/mol. The summed E-state index contributed by atoms with van der Waals surface area (Å²) in [7, 11) is 0. The summed E-state index contributed by atoms with van der Waals surface area (Å²) in [6.07, 6.45) is 2.82. The molecule has 12 heavy (non-hydrogen) atoms. The van der Waals surface area contributed by atoms with Gasteiger partial charge >= 0.3 is 0 Å². The van der Waals surface area contributed by atoms with Crippen molar-refractivity contribution in [1.82, 2.24) is 4.90 Å². The molecule has 1 aliphatic heterocycles. The van der Waals surface area contributed by atoms with Crippen LogP contribution in [-0.4, -0.2) is 41.5 Å². The molecule has 1 aliphatic carbocycles. The molecule has 0 aromatic heterocycles. The molecule has 1 unspecified atom stereocenters. The first-order chi connectivity index (χ1) is 5.75. The van der Waals surface area contributed by atoms with Gasteiger partial charge in [0.15, 0.2) is 0 Å². The van der Waals surface area contributed by atoms with Crippen molar-refractivity contribution in [1.29, 1.82) is 0 Å². The monoisotopic (exact) mass is 169 g/mol. The van der Waals surface area contributed by atoms with Gasteiger partial charge in [0.2, 0.25) is 0 Å². The summed E-state index contributed by atoms with van der Waals surface area (Å²) >= 11 is 0. The van der Waals surface area contributed by atoms with Crippen LogP contribution >= 0.6 is 0 Å². The maximum Gasteiger partial charge on any atom is 0.149 e. The summed E-state index contributed by atoms with van der Waals surface area (Å²) in [5.41, 5.74) is 0. The number of carbonyl (C=O) groups is 1. The lowest BCUT2D eigenvalue weighted by molar-refractivity contribution is -0.121. The molecule has 68 valence electrons. The molecule has 2 rings (SSSR count). The lowest BCUT2D eigenvalue weighted by Gasteiger charge is -2.12. The van der Waals surface area contributed by atoms with E-state index >= 15 is 0 Å². The Morgan fingerprint density at radius 3 is 2.67 bits per heavy atom. The van der Waals surface area contributed by atoms with E-state index in [4.69, 9.17) is 0 Å². The highest BCUT2D eigenvalue weighted by atomic mass is 16.3. The number of hydrogen-bond donors (Lipinski definition) is 1. The number of Topliss-reactive ketones (excluding diaryl/α,β-unsaturated/α-hetero) is 1. The van der Waals surface area contributed by atoms with Crippen molar-refractivity contribution < 1.29 is 9.90 Å². The van der Waals surface area contributed by atoms with Gasteiger partial charge in [-0.15, -0.1) is 0 Å². The maximum absolute atomic E-state index is 11.3. The van der Waals surface area contributed by atoms with Crippen LogP contribution in [0.3, 0.4) is 0 Å². The highest BCUT2D eigenvalue weighted by Crippen LogP contribution is 2.30. The first kappa shape index (κ1) is 8.20. The van der Waals surface area contributed by atoms with E-state index in [-0.39, 0.29) is 6.10 Å². The second kappa shape index (κ2) is 3.15. The fraction of sp³-hybridized carbons (Fsp3) is 0.889. The van der Waals surface area contributed by atoms with Crippen molar-refractivity contribution in [3.05, 3.63) is 0 Å². The number of likely N-dealkylation sites (tertiary alicyclic amines) is 1. The van der Waals surface area contributed by atoms with E-state index in [1.54, 1.807) is 0 Å². The number of aliphatic hydroxyl groups excluding tert-OH is 1. The third kappa shape index (κ3) is 1.84. The lowest BCUT2D eigenvalue weighted by atomic mass is 10.2. The summed E-state index contributed by atoms with van der Waals surface area (Å²) in [5.74, 6) is 0.742. The zero-order chi connectivity index (χ0) is 8.55. The van der Waals surface area contributed by atoms with Crippen LogP contribution in [0.5, 0.6) is 0 Å². The van der Waals surface area contributed by atoms with Crippen molar-refractivity contribution in [3.63, 3.8) is 0 Å². The van der Waals surface area contributed by atoms with Crippen molar-refractivity contribution in [2.75, 3.05) is 19.6 Å². The average molecular weight is 169 g/mol. The van der Waals surface area contributed by atoms with Gasteiger partial charge in [0.25, 0.3) is 0 Å². The smallest absolute Gasteiger partial charge is 0.149 e. The van der Waals surface area contributed by atoms with E-state index in [1.165, 1.54) is 0 Å². The first-order valence-corrected chi connectivity index (χ1v) is 4.69. The molecule has 3 nitrogen and oxygen atoms in total. The van der Waals surface area contributed by atoms with Gasteiger partial charge in [-0.3, -0.25) is 9.69 Å². The van der Waals surface area contributed by atoms with E-state index < -0.39 is 0 Å². The lowest BCUT2D eigenvalue weighted by Crippen LogP contribution is -2.29. The molecule has 2 aliphatic rings. The summed E-state index contributed by atoms with van der Waals surface area (Å²) < 4.78 is 0. The van der Waals surface area contributed by atoms with Crippen molar-refractivity contribution in [2.24, 2.45) is 5.92 Å². The molecule has 0 aromatic rings. The number of β-amino-alcohol motifs (C(OH)–C–C–N with tert-alkyl or cyclic N) is 1. The van der Waals surface area contributed by atoms with Crippen LogP contribution < -0.4 is 0 Å². The number of aliphatic hydroxyl groups is 1. The second-order valence-corrected chi connectivity index (χ2v) is 3.92. The van der Waals surface area contributed by atoms with Gasteiger partial charge < -0.3 is 5.11 Å². The molecular formula is C9H15NO2. The molecule has 1 atom stereocenters. The highest BCUT2D eigenvalue weighted by molar-refractivity contribution is 5.85. The zero-order valence-corrected chi connectivity index (χ0v) is 7.20. The van der Waals surface area contributed by atoms with E-state index in [9.17, 15) is 9.90 Å². The van der Waals surface area contributed by atoms with Crippen LogP contribution in [0.1, 0.15) is 19.3 Å². The number of hydrogen-bond acceptors (Lipinski definition) is 3. The van der Waals surface area contributed by atoms with Crippen molar-refractivity contribution in [3.8, 4) is 0 Å². The number of ketones is 1. The van der Waals surface area contributed by atoms with Crippen LogP contribution in [0.2, 0.25) is 0 Å². The van der Waals surface area contributed by atoms with Crippen LogP contribution in [-0.2, 0) is 4.79 Å². The molecule has 0 bridgehead atoms. The Labute approximate surface area is 72.4 Å². The van der Waals surface area contributed by atoms with E-state index in [2.05, 4.69) is 4.90 Å². The fourth-order valence-electron chi connectivity index (χ4n) is 1.71. The molecule has 1 heterocycles. The topological polar surface area (TPSA) is 40.5 Å². The average Bonchev–Trinajstić information content (AvgIpc) is 2.78. The Balaban J connectivity index is 1.75. The minimum atomic E-state index is -0.197. The third-order valence-electron chi connectivity index (χ3n) is 2.66. The molecule has 0 amide bonds. The summed E-state index contributed by atoms with van der Waals surface area (Å²) in [6.45, 7) is 2.15. The predicted octanol–water partition coefficient (Wildman–Crippen LogP) is 0.0321. The fourth-order valence-corrected chi connectivity index (χ4v) is 1.71. The molecule has 1 saturated carbocycles. The highest BCUT2D eigenvalue weighted by Gasteiger charge is 2.31. The van der Waals surface area contributed by atoms with Gasteiger partial charge in [0.1, 0.15) is 5.78 Å². The Morgan fingerprint density at radius 1 is 1.42 bits per heavy atom. The van der Waals surface area contributed by atoms with Gasteiger partial charge in [-0.05, 0) is 19.3 Å².